The highest BCUT2D eigenvalue weighted by atomic mass is 31.2. The van der Waals surface area contributed by atoms with Crippen molar-refractivity contribution >= 4 is 19.5 Å². The monoisotopic (exact) mass is 335 g/mol. The van der Waals surface area contributed by atoms with E-state index in [1.165, 1.54) is 26.1 Å². The van der Waals surface area contributed by atoms with Gasteiger partial charge < -0.3 is 19.1 Å². The molecule has 1 unspecified atom stereocenters. The molecule has 0 aromatic heterocycles. The highest BCUT2D eigenvalue weighted by Crippen LogP contribution is 2.52. The molecule has 21 heavy (non-hydrogen) atoms. The third-order valence-electron chi connectivity index (χ3n) is 1.97. The van der Waals surface area contributed by atoms with Crippen LogP contribution in [-0.4, -0.2) is 43.7 Å². The van der Waals surface area contributed by atoms with E-state index in [-0.39, 0.29) is 19.8 Å². The Bertz CT molecular complexity index is 404. The van der Waals surface area contributed by atoms with Crippen LogP contribution in [-0.2, 0) is 27.9 Å². The number of rotatable bonds is 8. The van der Waals surface area contributed by atoms with Crippen molar-refractivity contribution in [2.45, 2.75) is 32.7 Å². The first-order chi connectivity index (χ1) is 9.62. The third kappa shape index (κ3) is 6.03. The Morgan fingerprint density at radius 1 is 1.10 bits per heavy atom. The number of hydrogen-bond donors (Lipinski definition) is 1. The Balaban J connectivity index is 5.43. The number of halogens is 3. The molecule has 0 bridgehead atoms. The maximum Gasteiger partial charge on any atom is 0.471 e. The molecule has 0 aromatic carbocycles. The predicted octanol–water partition coefficient (Wildman–Crippen LogP) is 1.82. The van der Waals surface area contributed by atoms with Crippen LogP contribution in [0.2, 0.25) is 0 Å². The predicted molar refractivity (Wildman–Crippen MR) is 65.5 cm³/mol. The van der Waals surface area contributed by atoms with Crippen molar-refractivity contribution in [3.05, 3.63) is 0 Å². The summed E-state index contributed by atoms with van der Waals surface area (Å²) < 4.78 is 63.2. The average molecular weight is 335 g/mol. The van der Waals surface area contributed by atoms with Gasteiger partial charge in [0.1, 0.15) is 0 Å². The Hall–Kier alpha value is -1.12. The van der Waals surface area contributed by atoms with Crippen molar-refractivity contribution in [3.8, 4) is 0 Å². The van der Waals surface area contributed by atoms with Crippen LogP contribution in [0.5, 0.6) is 0 Å². The lowest BCUT2D eigenvalue weighted by Gasteiger charge is -2.25. The van der Waals surface area contributed by atoms with E-state index < -0.39 is 31.4 Å². The van der Waals surface area contributed by atoms with Gasteiger partial charge in [0.05, 0.1) is 19.8 Å². The second-order valence-corrected chi connectivity index (χ2v) is 5.61. The van der Waals surface area contributed by atoms with Crippen LogP contribution < -0.4 is 5.32 Å². The summed E-state index contributed by atoms with van der Waals surface area (Å²) in [6.07, 6.45) is -5.26. The molecule has 0 radical (unpaired) electrons. The van der Waals surface area contributed by atoms with Crippen LogP contribution in [0.25, 0.3) is 0 Å². The number of esters is 1. The Labute approximate surface area is 119 Å². The van der Waals surface area contributed by atoms with Gasteiger partial charge in [-0.3, -0.25) is 9.36 Å². The Kier molecular flexibility index (Phi) is 7.91. The highest BCUT2D eigenvalue weighted by molar-refractivity contribution is 7.55. The van der Waals surface area contributed by atoms with Crippen molar-refractivity contribution in [2.75, 3.05) is 19.8 Å². The van der Waals surface area contributed by atoms with Gasteiger partial charge in [-0.1, -0.05) is 0 Å². The van der Waals surface area contributed by atoms with E-state index in [1.807, 2.05) is 0 Å². The molecule has 0 saturated heterocycles. The minimum atomic E-state index is -5.26. The van der Waals surface area contributed by atoms with E-state index in [9.17, 15) is 27.3 Å². The van der Waals surface area contributed by atoms with Gasteiger partial charge in [-0.05, 0) is 20.8 Å². The molecule has 0 heterocycles. The molecule has 1 atom stereocenters. The zero-order chi connectivity index (χ0) is 16.7. The zero-order valence-electron chi connectivity index (χ0n) is 11.7. The molecule has 124 valence electrons. The molecule has 0 saturated carbocycles. The van der Waals surface area contributed by atoms with E-state index in [0.717, 1.165) is 0 Å². The number of nitrogens with one attached hydrogen (secondary N) is 1. The van der Waals surface area contributed by atoms with Gasteiger partial charge in [0, 0.05) is 0 Å². The molecule has 0 rings (SSSR count). The fraction of sp³-hybridized carbons (Fsp3) is 0.800. The van der Waals surface area contributed by atoms with Crippen LogP contribution in [0.15, 0.2) is 0 Å². The number of hydrogen-bond acceptors (Lipinski definition) is 6. The summed E-state index contributed by atoms with van der Waals surface area (Å²) in [4.78, 5) is 22.6. The van der Waals surface area contributed by atoms with Gasteiger partial charge in [0.2, 0.25) is 5.78 Å². The lowest BCUT2D eigenvalue weighted by atomic mass is 10.5. The van der Waals surface area contributed by atoms with E-state index in [4.69, 9.17) is 9.05 Å². The minimum Gasteiger partial charge on any atom is -0.464 e. The molecule has 7 nitrogen and oxygen atoms in total. The van der Waals surface area contributed by atoms with Gasteiger partial charge in [0.25, 0.3) is 0 Å². The van der Waals surface area contributed by atoms with Crippen molar-refractivity contribution < 1.29 is 41.1 Å². The molecule has 0 aliphatic rings. The molecule has 0 aliphatic heterocycles. The molecule has 0 aromatic rings. The Morgan fingerprint density at radius 3 is 1.90 bits per heavy atom. The summed E-state index contributed by atoms with van der Waals surface area (Å²) in [6, 6.07) is 0. The van der Waals surface area contributed by atoms with Gasteiger partial charge in [0.15, 0.2) is 0 Å². The number of carbonyl (C=O) groups is 2. The molecule has 11 heteroatoms. The summed E-state index contributed by atoms with van der Waals surface area (Å²) in [7, 11) is -4.35. The van der Waals surface area contributed by atoms with Gasteiger partial charge in [-0.2, -0.15) is 13.2 Å². The molecule has 1 N–H and O–H groups in total. The van der Waals surface area contributed by atoms with Crippen LogP contribution in [0, 0.1) is 0 Å². The number of ether oxygens (including phenoxy) is 1. The minimum absolute atomic E-state index is 0.185. The smallest absolute Gasteiger partial charge is 0.464 e. The number of amides is 1. The largest absolute Gasteiger partial charge is 0.471 e. The Morgan fingerprint density at radius 2 is 1.57 bits per heavy atom. The molecule has 0 aliphatic carbocycles. The average Bonchev–Trinajstić information content (AvgIpc) is 2.35. The maximum absolute atomic E-state index is 12.4. The summed E-state index contributed by atoms with van der Waals surface area (Å²) in [5.74, 6) is -5.97. The van der Waals surface area contributed by atoms with Crippen LogP contribution in [0.1, 0.15) is 20.8 Å². The van der Waals surface area contributed by atoms with Crippen LogP contribution in [0.4, 0.5) is 13.2 Å². The molecular formula is C10H17F3NO6P. The van der Waals surface area contributed by atoms with Crippen molar-refractivity contribution in [3.63, 3.8) is 0 Å². The normalized spacial score (nSPS) is 13.6. The first-order valence-electron chi connectivity index (χ1n) is 6.05. The first-order valence-corrected chi connectivity index (χ1v) is 7.66. The van der Waals surface area contributed by atoms with Crippen molar-refractivity contribution in [2.24, 2.45) is 0 Å². The second-order valence-electron chi connectivity index (χ2n) is 3.50. The zero-order valence-corrected chi connectivity index (χ0v) is 12.6. The van der Waals surface area contributed by atoms with Crippen molar-refractivity contribution in [1.29, 1.82) is 0 Å². The molecule has 1 amide bonds. The molecule has 0 fully saturated rings. The highest BCUT2D eigenvalue weighted by Gasteiger charge is 2.48. The fourth-order valence-corrected chi connectivity index (χ4v) is 2.94. The van der Waals surface area contributed by atoms with E-state index in [2.05, 4.69) is 4.74 Å². The number of alkyl halides is 3. The molecule has 0 spiro atoms. The summed E-state index contributed by atoms with van der Waals surface area (Å²) >= 11 is 0. The van der Waals surface area contributed by atoms with Crippen LogP contribution in [0.3, 0.4) is 0 Å². The van der Waals surface area contributed by atoms with E-state index >= 15 is 0 Å². The third-order valence-corrected chi connectivity index (χ3v) is 4.18. The standard InChI is InChI=1S/C10H17F3NO6P/c1-4-18-8(15)7(14-9(16)10(11,12)13)21(17,19-5-2)20-6-3/h7H,4-6H2,1-3H3,(H,14,16). The van der Waals surface area contributed by atoms with Crippen LogP contribution >= 0.6 is 7.60 Å². The quantitative estimate of drug-likeness (QED) is 0.537. The molecular weight excluding hydrogens is 318 g/mol. The van der Waals surface area contributed by atoms with E-state index in [0.29, 0.717) is 0 Å². The lowest BCUT2D eigenvalue weighted by molar-refractivity contribution is -0.175. The van der Waals surface area contributed by atoms with Gasteiger partial charge in [-0.15, -0.1) is 0 Å². The lowest BCUT2D eigenvalue weighted by Crippen LogP contribution is -2.47. The summed E-state index contributed by atoms with van der Waals surface area (Å²) in [6.45, 7) is 3.62. The van der Waals surface area contributed by atoms with Gasteiger partial charge >= 0.3 is 25.6 Å². The van der Waals surface area contributed by atoms with E-state index in [1.54, 1.807) is 0 Å². The number of carbonyl (C=O) groups excluding carboxylic acids is 2. The summed E-state index contributed by atoms with van der Waals surface area (Å²) in [5.41, 5.74) is 0. The second kappa shape index (κ2) is 8.35. The SMILES string of the molecule is CCOC(=O)C(NC(=O)C(F)(F)F)P(=O)(OCC)OCC. The van der Waals surface area contributed by atoms with Crippen molar-refractivity contribution in [1.82, 2.24) is 5.32 Å². The first kappa shape index (κ1) is 19.9. The van der Waals surface area contributed by atoms with Gasteiger partial charge in [-0.25, -0.2) is 4.79 Å². The summed E-state index contributed by atoms with van der Waals surface area (Å²) in [5, 5.41) is 1.30. The fourth-order valence-electron chi connectivity index (χ4n) is 1.24. The maximum atomic E-state index is 12.4. The topological polar surface area (TPSA) is 90.9 Å².